The van der Waals surface area contributed by atoms with E-state index in [4.69, 9.17) is 11.6 Å². The number of fused-ring (bicyclic) bond motifs is 2. The topological polar surface area (TPSA) is 28.2 Å². The molecular formula is C17H20ClN3. The molecule has 21 heavy (non-hydrogen) atoms. The Labute approximate surface area is 130 Å². The first-order valence-corrected chi connectivity index (χ1v) is 8.22. The molecule has 0 amide bonds. The van der Waals surface area contributed by atoms with Crippen LogP contribution in [0.1, 0.15) is 25.7 Å². The molecule has 2 unspecified atom stereocenters. The fraction of sp³-hybridized carbons (Fsp3) is 0.471. The van der Waals surface area contributed by atoms with Crippen LogP contribution in [-0.4, -0.2) is 35.1 Å². The maximum atomic E-state index is 6.06. The molecule has 3 nitrogen and oxygen atoms in total. The summed E-state index contributed by atoms with van der Waals surface area (Å²) in [6.45, 7) is 2.53. The Kier molecular flexibility index (Phi) is 3.48. The van der Waals surface area contributed by atoms with E-state index in [1.807, 2.05) is 18.3 Å². The second-order valence-corrected chi connectivity index (χ2v) is 6.65. The second kappa shape index (κ2) is 5.47. The molecule has 110 valence electrons. The summed E-state index contributed by atoms with van der Waals surface area (Å²) in [7, 11) is 0. The Balaban J connectivity index is 1.57. The van der Waals surface area contributed by atoms with Gasteiger partial charge in [0.15, 0.2) is 0 Å². The highest BCUT2D eigenvalue weighted by atomic mass is 35.5. The van der Waals surface area contributed by atoms with E-state index < -0.39 is 0 Å². The Morgan fingerprint density at radius 3 is 3.10 bits per heavy atom. The smallest absolute Gasteiger partial charge is 0.0737 e. The molecular weight excluding hydrogens is 282 g/mol. The van der Waals surface area contributed by atoms with E-state index in [9.17, 15) is 0 Å². The molecule has 2 fully saturated rings. The summed E-state index contributed by atoms with van der Waals surface area (Å²) in [6.07, 6.45) is 7.09. The predicted molar refractivity (Wildman–Crippen MR) is 88.0 cm³/mol. The fourth-order valence-electron chi connectivity index (χ4n) is 3.82. The van der Waals surface area contributed by atoms with E-state index in [0.29, 0.717) is 6.04 Å². The summed E-state index contributed by atoms with van der Waals surface area (Å²) in [5.41, 5.74) is 2.15. The number of halogens is 1. The molecule has 1 aromatic carbocycles. The minimum absolute atomic E-state index is 0.575. The lowest BCUT2D eigenvalue weighted by Gasteiger charge is -2.35. The number of piperidine rings is 1. The molecule has 1 N–H and O–H groups in total. The van der Waals surface area contributed by atoms with Crippen LogP contribution in [-0.2, 0) is 0 Å². The zero-order valence-electron chi connectivity index (χ0n) is 12.1. The molecule has 0 spiro atoms. The van der Waals surface area contributed by atoms with Crippen molar-refractivity contribution in [1.29, 1.82) is 0 Å². The van der Waals surface area contributed by atoms with Gasteiger partial charge in [0.05, 0.1) is 5.52 Å². The van der Waals surface area contributed by atoms with Crippen molar-refractivity contribution in [2.45, 2.75) is 37.8 Å². The second-order valence-electron chi connectivity index (χ2n) is 6.22. The van der Waals surface area contributed by atoms with Crippen molar-refractivity contribution < 1.29 is 0 Å². The molecule has 2 atom stereocenters. The molecule has 2 aliphatic heterocycles. The van der Waals surface area contributed by atoms with Crippen LogP contribution in [0.15, 0.2) is 30.5 Å². The maximum absolute atomic E-state index is 6.06. The van der Waals surface area contributed by atoms with Gasteiger partial charge in [-0.15, -0.1) is 0 Å². The van der Waals surface area contributed by atoms with E-state index in [0.717, 1.165) is 22.0 Å². The minimum atomic E-state index is 0.575. The Hall–Kier alpha value is -1.32. The normalized spacial score (nSPS) is 26.0. The van der Waals surface area contributed by atoms with E-state index in [2.05, 4.69) is 27.3 Å². The highest BCUT2D eigenvalue weighted by molar-refractivity contribution is 6.31. The van der Waals surface area contributed by atoms with E-state index in [1.165, 1.54) is 44.5 Å². The number of rotatable bonds is 2. The molecule has 2 aliphatic rings. The van der Waals surface area contributed by atoms with Crippen molar-refractivity contribution in [2.24, 2.45) is 0 Å². The third-order valence-corrected chi connectivity index (χ3v) is 5.12. The number of hydrogen-bond acceptors (Lipinski definition) is 3. The predicted octanol–water partition coefficient (Wildman–Crippen LogP) is 3.93. The lowest BCUT2D eigenvalue weighted by Crippen LogP contribution is -2.42. The Morgan fingerprint density at radius 2 is 2.14 bits per heavy atom. The summed E-state index contributed by atoms with van der Waals surface area (Å²) in [5.74, 6) is 0. The SMILES string of the molecule is Clc1ccc2c(NC3CCN4CCCC4C3)ccnc2c1. The van der Waals surface area contributed by atoms with Crippen LogP contribution in [0.5, 0.6) is 0 Å². The first kappa shape index (κ1) is 13.4. The van der Waals surface area contributed by atoms with Gasteiger partial charge in [-0.05, 0) is 56.5 Å². The van der Waals surface area contributed by atoms with Crippen LogP contribution in [0.4, 0.5) is 5.69 Å². The number of pyridine rings is 1. The molecule has 0 bridgehead atoms. The molecule has 0 aliphatic carbocycles. The van der Waals surface area contributed by atoms with Crippen LogP contribution < -0.4 is 5.32 Å². The molecule has 1 aromatic heterocycles. The third-order valence-electron chi connectivity index (χ3n) is 4.88. The van der Waals surface area contributed by atoms with Gasteiger partial charge in [-0.3, -0.25) is 4.98 Å². The van der Waals surface area contributed by atoms with Crippen molar-refractivity contribution in [2.75, 3.05) is 18.4 Å². The highest BCUT2D eigenvalue weighted by Gasteiger charge is 2.31. The summed E-state index contributed by atoms with van der Waals surface area (Å²) in [4.78, 5) is 7.07. The quantitative estimate of drug-likeness (QED) is 0.911. The lowest BCUT2D eigenvalue weighted by molar-refractivity contribution is 0.188. The standard InChI is InChI=1S/C17H20ClN3/c18-12-3-4-15-16(5-7-19-17(15)10-12)20-13-6-9-21-8-1-2-14(21)11-13/h3-5,7,10,13-14H,1-2,6,8-9,11H2,(H,19,20). The van der Waals surface area contributed by atoms with Gasteiger partial charge >= 0.3 is 0 Å². The number of anilines is 1. The van der Waals surface area contributed by atoms with Crippen LogP contribution in [0.2, 0.25) is 5.02 Å². The molecule has 2 aromatic rings. The molecule has 2 saturated heterocycles. The summed E-state index contributed by atoms with van der Waals surface area (Å²) in [6, 6.07) is 9.39. The van der Waals surface area contributed by atoms with Crippen LogP contribution in [0.25, 0.3) is 10.9 Å². The van der Waals surface area contributed by atoms with Crippen molar-refractivity contribution >= 4 is 28.2 Å². The van der Waals surface area contributed by atoms with Crippen LogP contribution in [0, 0.1) is 0 Å². The Bertz CT molecular complexity index is 658. The summed E-state index contributed by atoms with van der Waals surface area (Å²) in [5, 5.41) is 5.65. The van der Waals surface area contributed by atoms with Crippen molar-refractivity contribution in [3.63, 3.8) is 0 Å². The van der Waals surface area contributed by atoms with E-state index >= 15 is 0 Å². The Morgan fingerprint density at radius 1 is 1.19 bits per heavy atom. The lowest BCUT2D eigenvalue weighted by atomic mass is 9.97. The van der Waals surface area contributed by atoms with Gasteiger partial charge < -0.3 is 10.2 Å². The number of nitrogens with one attached hydrogen (secondary N) is 1. The first-order chi connectivity index (χ1) is 10.3. The highest BCUT2D eigenvalue weighted by Crippen LogP contribution is 2.30. The van der Waals surface area contributed by atoms with Gasteiger partial charge in [0.25, 0.3) is 0 Å². The monoisotopic (exact) mass is 301 g/mol. The van der Waals surface area contributed by atoms with Gasteiger partial charge in [-0.25, -0.2) is 0 Å². The molecule has 4 heteroatoms. The number of aromatic nitrogens is 1. The molecule has 0 radical (unpaired) electrons. The maximum Gasteiger partial charge on any atom is 0.0737 e. The molecule has 0 saturated carbocycles. The van der Waals surface area contributed by atoms with Gasteiger partial charge in [-0.2, -0.15) is 0 Å². The van der Waals surface area contributed by atoms with Gasteiger partial charge in [0, 0.05) is 40.9 Å². The van der Waals surface area contributed by atoms with E-state index in [1.54, 1.807) is 0 Å². The summed E-state index contributed by atoms with van der Waals surface area (Å²) < 4.78 is 0. The average molecular weight is 302 g/mol. The van der Waals surface area contributed by atoms with Crippen molar-refractivity contribution in [1.82, 2.24) is 9.88 Å². The molecule has 4 rings (SSSR count). The van der Waals surface area contributed by atoms with Crippen molar-refractivity contribution in [3.8, 4) is 0 Å². The van der Waals surface area contributed by atoms with Gasteiger partial charge in [0.1, 0.15) is 0 Å². The zero-order valence-corrected chi connectivity index (χ0v) is 12.8. The van der Waals surface area contributed by atoms with Crippen LogP contribution in [0.3, 0.4) is 0 Å². The minimum Gasteiger partial charge on any atom is -0.382 e. The molecule has 3 heterocycles. The first-order valence-electron chi connectivity index (χ1n) is 7.84. The number of benzene rings is 1. The third kappa shape index (κ3) is 2.60. The number of hydrogen-bond donors (Lipinski definition) is 1. The summed E-state index contributed by atoms with van der Waals surface area (Å²) >= 11 is 6.06. The van der Waals surface area contributed by atoms with E-state index in [-0.39, 0.29) is 0 Å². The average Bonchev–Trinajstić information content (AvgIpc) is 2.95. The number of nitrogens with zero attached hydrogens (tertiary/aromatic N) is 2. The fourth-order valence-corrected chi connectivity index (χ4v) is 3.99. The zero-order chi connectivity index (χ0) is 14.2. The largest absolute Gasteiger partial charge is 0.382 e. The van der Waals surface area contributed by atoms with Gasteiger partial charge in [-0.1, -0.05) is 11.6 Å². The van der Waals surface area contributed by atoms with Gasteiger partial charge in [0.2, 0.25) is 0 Å². The van der Waals surface area contributed by atoms with Crippen molar-refractivity contribution in [3.05, 3.63) is 35.5 Å². The van der Waals surface area contributed by atoms with Crippen LogP contribution >= 0.6 is 11.6 Å².